The summed E-state index contributed by atoms with van der Waals surface area (Å²) in [5.74, 6) is -1.11. The van der Waals surface area contributed by atoms with Crippen LogP contribution in [0.25, 0.3) is 5.13 Å². The molecule has 2 heterocycles. The van der Waals surface area contributed by atoms with Gasteiger partial charge in [0, 0.05) is 11.6 Å². The van der Waals surface area contributed by atoms with Crippen molar-refractivity contribution in [2.75, 3.05) is 6.61 Å². The van der Waals surface area contributed by atoms with E-state index in [0.29, 0.717) is 4.68 Å². The van der Waals surface area contributed by atoms with Crippen LogP contribution in [-0.2, 0) is 10.9 Å². The van der Waals surface area contributed by atoms with Gasteiger partial charge in [0.05, 0.1) is 6.20 Å². The van der Waals surface area contributed by atoms with E-state index in [0.717, 1.165) is 17.5 Å². The molecule has 0 aliphatic heterocycles. The minimum atomic E-state index is -4.76. The number of nitrogens with zero attached hydrogens (tertiary/aromatic N) is 3. The molecule has 0 saturated heterocycles. The highest BCUT2D eigenvalue weighted by atomic mass is 32.1. The first-order valence-electron chi connectivity index (χ1n) is 5.28. The van der Waals surface area contributed by atoms with Gasteiger partial charge in [0.25, 0.3) is 0 Å². The predicted octanol–water partition coefficient (Wildman–Crippen LogP) is 2.69. The van der Waals surface area contributed by atoms with E-state index in [1.807, 2.05) is 0 Å². The minimum absolute atomic E-state index is 0.0140. The summed E-state index contributed by atoms with van der Waals surface area (Å²) in [5, 5.41) is 5.09. The van der Waals surface area contributed by atoms with Gasteiger partial charge in [0.1, 0.15) is 12.2 Å². The van der Waals surface area contributed by atoms with E-state index in [1.165, 1.54) is 17.7 Å². The average molecular weight is 303 g/mol. The normalized spacial score (nSPS) is 11.3. The second-order valence-electron chi connectivity index (χ2n) is 3.52. The molecule has 2 aromatic heterocycles. The monoisotopic (exact) mass is 303 g/mol. The molecule has 0 saturated carbocycles. The molecular formula is C11H8F3N3O2S. The van der Waals surface area contributed by atoms with E-state index in [2.05, 4.69) is 21.4 Å². The second kappa shape index (κ2) is 5.45. The maximum atomic E-state index is 13.1. The van der Waals surface area contributed by atoms with E-state index in [1.54, 1.807) is 0 Å². The standard InChI is InChI=1S/C11H8F3N3O2S/c1-2-4-19-9(18)7-6-16-17(8(7)11(12,13)14)10-15-3-5-20-10/h2-3,5-6H,1,4H2. The first kappa shape index (κ1) is 14.3. The van der Waals surface area contributed by atoms with Gasteiger partial charge in [-0.2, -0.15) is 18.3 Å². The number of alkyl halides is 3. The molecule has 0 fully saturated rings. The van der Waals surface area contributed by atoms with Gasteiger partial charge in [0.2, 0.25) is 5.13 Å². The number of aromatic nitrogens is 3. The molecule has 0 radical (unpaired) electrons. The van der Waals surface area contributed by atoms with Crippen molar-refractivity contribution in [3.63, 3.8) is 0 Å². The fraction of sp³-hybridized carbons (Fsp3) is 0.182. The molecule has 0 unspecified atom stereocenters. The van der Waals surface area contributed by atoms with Crippen LogP contribution in [0, 0.1) is 0 Å². The third-order valence-corrected chi connectivity index (χ3v) is 2.94. The molecular weight excluding hydrogens is 295 g/mol. The van der Waals surface area contributed by atoms with Crippen LogP contribution in [0.5, 0.6) is 0 Å². The van der Waals surface area contributed by atoms with Crippen molar-refractivity contribution in [2.24, 2.45) is 0 Å². The Morgan fingerprint density at radius 1 is 1.55 bits per heavy atom. The van der Waals surface area contributed by atoms with Gasteiger partial charge in [0.15, 0.2) is 5.69 Å². The summed E-state index contributed by atoms with van der Waals surface area (Å²) < 4.78 is 44.5. The van der Waals surface area contributed by atoms with Crippen molar-refractivity contribution < 1.29 is 22.7 Å². The first-order valence-corrected chi connectivity index (χ1v) is 6.16. The van der Waals surface area contributed by atoms with Crippen molar-refractivity contribution in [2.45, 2.75) is 6.18 Å². The highest BCUT2D eigenvalue weighted by Crippen LogP contribution is 2.34. The number of carbonyl (C=O) groups excluding carboxylic acids is 1. The summed E-state index contributed by atoms with van der Waals surface area (Å²) in [6, 6.07) is 0. The molecule has 5 nitrogen and oxygen atoms in total. The number of carbonyl (C=O) groups is 1. The largest absolute Gasteiger partial charge is 0.458 e. The lowest BCUT2D eigenvalue weighted by atomic mass is 10.2. The quantitative estimate of drug-likeness (QED) is 0.643. The summed E-state index contributed by atoms with van der Waals surface area (Å²) in [7, 11) is 0. The van der Waals surface area contributed by atoms with Gasteiger partial charge in [-0.3, -0.25) is 0 Å². The van der Waals surface area contributed by atoms with Crippen LogP contribution in [0.1, 0.15) is 16.1 Å². The van der Waals surface area contributed by atoms with Crippen molar-refractivity contribution in [3.05, 3.63) is 41.7 Å². The van der Waals surface area contributed by atoms with Crippen molar-refractivity contribution in [3.8, 4) is 5.13 Å². The zero-order chi connectivity index (χ0) is 14.8. The molecule has 20 heavy (non-hydrogen) atoms. The smallest absolute Gasteiger partial charge is 0.434 e. The number of halogens is 3. The summed E-state index contributed by atoms with van der Waals surface area (Å²) in [5.41, 5.74) is -1.86. The SMILES string of the molecule is C=CCOC(=O)c1cnn(-c2nccs2)c1C(F)(F)F. The Morgan fingerprint density at radius 2 is 2.30 bits per heavy atom. The number of hydrogen-bond donors (Lipinski definition) is 0. The number of thiazole rings is 1. The molecule has 0 atom stereocenters. The van der Waals surface area contributed by atoms with Gasteiger partial charge < -0.3 is 4.74 Å². The van der Waals surface area contributed by atoms with Gasteiger partial charge >= 0.3 is 12.1 Å². The minimum Gasteiger partial charge on any atom is -0.458 e. The first-order chi connectivity index (χ1) is 9.45. The molecule has 0 aliphatic rings. The van der Waals surface area contributed by atoms with Crippen LogP contribution in [0.15, 0.2) is 30.4 Å². The highest BCUT2D eigenvalue weighted by molar-refractivity contribution is 7.12. The molecule has 9 heteroatoms. The van der Waals surface area contributed by atoms with Gasteiger partial charge in [-0.1, -0.05) is 12.7 Å². The number of hydrogen-bond acceptors (Lipinski definition) is 5. The van der Waals surface area contributed by atoms with Crippen LogP contribution >= 0.6 is 11.3 Å². The maximum absolute atomic E-state index is 13.1. The van der Waals surface area contributed by atoms with Gasteiger partial charge in [-0.25, -0.2) is 14.5 Å². The van der Waals surface area contributed by atoms with E-state index in [9.17, 15) is 18.0 Å². The Morgan fingerprint density at radius 3 is 2.85 bits per heavy atom. The lowest BCUT2D eigenvalue weighted by molar-refractivity contribution is -0.143. The number of esters is 1. The number of rotatable bonds is 4. The predicted molar refractivity (Wildman–Crippen MR) is 64.7 cm³/mol. The van der Waals surface area contributed by atoms with Gasteiger partial charge in [-0.05, 0) is 0 Å². The Bertz CT molecular complexity index is 619. The zero-order valence-corrected chi connectivity index (χ0v) is 10.7. The van der Waals surface area contributed by atoms with Crippen LogP contribution in [0.3, 0.4) is 0 Å². The lowest BCUT2D eigenvalue weighted by Crippen LogP contribution is -2.18. The topological polar surface area (TPSA) is 57.0 Å². The Kier molecular flexibility index (Phi) is 3.89. The van der Waals surface area contributed by atoms with Crippen LogP contribution < -0.4 is 0 Å². The van der Waals surface area contributed by atoms with Crippen molar-refractivity contribution in [1.82, 2.24) is 14.8 Å². The summed E-state index contributed by atoms with van der Waals surface area (Å²) in [6.45, 7) is 3.13. The van der Waals surface area contributed by atoms with Crippen molar-refractivity contribution in [1.29, 1.82) is 0 Å². The molecule has 0 spiro atoms. The van der Waals surface area contributed by atoms with Crippen molar-refractivity contribution >= 4 is 17.3 Å². The Balaban J connectivity index is 2.49. The molecule has 106 valence electrons. The van der Waals surface area contributed by atoms with E-state index >= 15 is 0 Å². The van der Waals surface area contributed by atoms with Gasteiger partial charge in [-0.15, -0.1) is 11.3 Å². The second-order valence-corrected chi connectivity index (χ2v) is 4.39. The third kappa shape index (κ3) is 2.72. The maximum Gasteiger partial charge on any atom is 0.434 e. The molecule has 0 aliphatic carbocycles. The highest BCUT2D eigenvalue weighted by Gasteiger charge is 2.41. The fourth-order valence-electron chi connectivity index (χ4n) is 1.45. The van der Waals surface area contributed by atoms with E-state index in [-0.39, 0.29) is 11.7 Å². The fourth-order valence-corrected chi connectivity index (χ4v) is 2.05. The molecule has 0 amide bonds. The van der Waals surface area contributed by atoms with Crippen LogP contribution in [0.2, 0.25) is 0 Å². The molecule has 0 bridgehead atoms. The third-order valence-electron chi connectivity index (χ3n) is 2.19. The van der Waals surface area contributed by atoms with E-state index in [4.69, 9.17) is 0 Å². The molecule has 0 N–H and O–H groups in total. The molecule has 0 aromatic carbocycles. The lowest BCUT2D eigenvalue weighted by Gasteiger charge is -2.10. The summed E-state index contributed by atoms with van der Waals surface area (Å²) in [4.78, 5) is 15.4. The van der Waals surface area contributed by atoms with Crippen LogP contribution in [0.4, 0.5) is 13.2 Å². The molecule has 2 rings (SSSR count). The Hall–Kier alpha value is -2.16. The van der Waals surface area contributed by atoms with E-state index < -0.39 is 23.4 Å². The summed E-state index contributed by atoms with van der Waals surface area (Å²) in [6.07, 6.45) is -1.34. The Labute approximate surface area is 115 Å². The zero-order valence-electron chi connectivity index (χ0n) is 9.92. The summed E-state index contributed by atoms with van der Waals surface area (Å²) >= 11 is 0.970. The molecule has 2 aromatic rings. The number of ether oxygens (including phenoxy) is 1. The van der Waals surface area contributed by atoms with Crippen LogP contribution in [-0.4, -0.2) is 27.3 Å². The average Bonchev–Trinajstić information content (AvgIpc) is 3.02.